The lowest BCUT2D eigenvalue weighted by molar-refractivity contribution is -0.114. The topological polar surface area (TPSA) is 26.3 Å². The molecule has 0 bridgehead atoms. The molecule has 0 N–H and O–H groups in total. The molecule has 0 radical (unpaired) electrons. The molecule has 0 saturated heterocycles. The molecule has 1 aliphatic rings. The van der Waals surface area contributed by atoms with Gasteiger partial charge in [0.15, 0.2) is 5.78 Å². The van der Waals surface area contributed by atoms with Gasteiger partial charge in [0.1, 0.15) is 5.75 Å². The molecule has 0 aliphatic heterocycles. The van der Waals surface area contributed by atoms with Crippen molar-refractivity contribution in [2.24, 2.45) is 0 Å². The first kappa shape index (κ1) is 14.1. The van der Waals surface area contributed by atoms with E-state index in [-0.39, 0.29) is 5.78 Å². The zero-order valence-electron chi connectivity index (χ0n) is 11.9. The molecular formula is C18H18O2. The molecule has 0 spiro atoms. The lowest BCUT2D eigenvalue weighted by Gasteiger charge is -2.09. The second-order valence-electron chi connectivity index (χ2n) is 4.81. The number of aryl methyl sites for hydroxylation is 1. The average Bonchev–Trinajstić information content (AvgIpc) is 2.49. The van der Waals surface area contributed by atoms with Gasteiger partial charge in [0, 0.05) is 12.0 Å². The number of hydrogen-bond donors (Lipinski definition) is 0. The summed E-state index contributed by atoms with van der Waals surface area (Å²) in [5.74, 6) is 0.912. The largest absolute Gasteiger partial charge is 0.496 e. The highest BCUT2D eigenvalue weighted by atomic mass is 16.5. The molecule has 2 heteroatoms. The van der Waals surface area contributed by atoms with E-state index in [1.165, 1.54) is 0 Å². The summed E-state index contributed by atoms with van der Waals surface area (Å²) in [6.07, 6.45) is 6.86. The maximum absolute atomic E-state index is 12.3. The fraction of sp³-hybridized carbons (Fsp3) is 0.222. The number of methoxy groups -OCH3 is 1. The number of ether oxygens (including phenoxy) is 1. The van der Waals surface area contributed by atoms with Gasteiger partial charge in [-0.1, -0.05) is 30.9 Å². The zero-order chi connectivity index (χ0) is 14.5. The maximum atomic E-state index is 12.3. The van der Waals surface area contributed by atoms with Gasteiger partial charge in [-0.25, -0.2) is 0 Å². The van der Waals surface area contributed by atoms with Gasteiger partial charge in [0.25, 0.3) is 0 Å². The molecule has 2 rings (SSSR count). The van der Waals surface area contributed by atoms with E-state index in [1.807, 2.05) is 43.4 Å². The Hall–Kier alpha value is -2.31. The SMILES string of the molecule is C=C=C1C=C(C(=O)Cc2ccc(C)c(OC)c2)C=CC1. The van der Waals surface area contributed by atoms with E-state index in [1.54, 1.807) is 7.11 Å². The Morgan fingerprint density at radius 3 is 2.95 bits per heavy atom. The number of allylic oxidation sites excluding steroid dienone is 5. The first-order valence-electron chi connectivity index (χ1n) is 6.58. The van der Waals surface area contributed by atoms with Crippen LogP contribution in [0, 0.1) is 6.92 Å². The van der Waals surface area contributed by atoms with Gasteiger partial charge in [-0.2, -0.15) is 0 Å². The van der Waals surface area contributed by atoms with Gasteiger partial charge >= 0.3 is 0 Å². The maximum Gasteiger partial charge on any atom is 0.167 e. The van der Waals surface area contributed by atoms with E-state index in [9.17, 15) is 4.79 Å². The van der Waals surface area contributed by atoms with E-state index in [0.29, 0.717) is 12.0 Å². The van der Waals surface area contributed by atoms with Crippen LogP contribution in [-0.2, 0) is 11.2 Å². The summed E-state index contributed by atoms with van der Waals surface area (Å²) in [5.41, 5.74) is 6.54. The third-order valence-corrected chi connectivity index (χ3v) is 3.35. The molecule has 1 aromatic rings. The Balaban J connectivity index is 2.18. The number of ketones is 1. The molecule has 0 atom stereocenters. The van der Waals surface area contributed by atoms with Crippen molar-refractivity contribution in [3.63, 3.8) is 0 Å². The number of hydrogen-bond acceptors (Lipinski definition) is 2. The van der Waals surface area contributed by atoms with Crippen molar-refractivity contribution in [2.75, 3.05) is 7.11 Å². The van der Waals surface area contributed by atoms with Crippen LogP contribution >= 0.6 is 0 Å². The van der Waals surface area contributed by atoms with Crippen LogP contribution in [0.5, 0.6) is 5.75 Å². The Kier molecular flexibility index (Phi) is 4.39. The molecular weight excluding hydrogens is 248 g/mol. The molecule has 0 saturated carbocycles. The minimum atomic E-state index is 0.0969. The fourth-order valence-electron chi connectivity index (χ4n) is 2.17. The Bertz CT molecular complexity index is 641. The molecule has 0 aromatic heterocycles. The van der Waals surface area contributed by atoms with E-state index in [2.05, 4.69) is 12.3 Å². The van der Waals surface area contributed by atoms with E-state index in [0.717, 1.165) is 28.9 Å². The predicted molar refractivity (Wildman–Crippen MR) is 80.9 cm³/mol. The number of carbonyl (C=O) groups is 1. The predicted octanol–water partition coefficient (Wildman–Crippen LogP) is 3.71. The Morgan fingerprint density at radius 1 is 1.45 bits per heavy atom. The highest BCUT2D eigenvalue weighted by Gasteiger charge is 2.12. The van der Waals surface area contributed by atoms with E-state index in [4.69, 9.17) is 4.74 Å². The minimum Gasteiger partial charge on any atom is -0.496 e. The smallest absolute Gasteiger partial charge is 0.167 e. The third-order valence-electron chi connectivity index (χ3n) is 3.35. The molecule has 1 aliphatic carbocycles. The van der Waals surface area contributed by atoms with E-state index >= 15 is 0 Å². The highest BCUT2D eigenvalue weighted by molar-refractivity contribution is 6.00. The quantitative estimate of drug-likeness (QED) is 0.776. The lowest BCUT2D eigenvalue weighted by atomic mass is 9.96. The van der Waals surface area contributed by atoms with Crippen LogP contribution in [0.4, 0.5) is 0 Å². The number of carbonyl (C=O) groups excluding carboxylic acids is 1. The molecule has 1 aromatic carbocycles. The summed E-state index contributed by atoms with van der Waals surface area (Å²) in [6.45, 7) is 5.61. The highest BCUT2D eigenvalue weighted by Crippen LogP contribution is 2.21. The van der Waals surface area contributed by atoms with Crippen molar-refractivity contribution in [2.45, 2.75) is 19.8 Å². The molecule has 0 heterocycles. The zero-order valence-corrected chi connectivity index (χ0v) is 11.9. The van der Waals surface area contributed by atoms with Crippen molar-refractivity contribution in [3.8, 4) is 5.75 Å². The van der Waals surface area contributed by atoms with Gasteiger partial charge in [0.05, 0.1) is 7.11 Å². The van der Waals surface area contributed by atoms with Crippen LogP contribution in [0.25, 0.3) is 0 Å². The third kappa shape index (κ3) is 3.17. The summed E-state index contributed by atoms with van der Waals surface area (Å²) in [4.78, 5) is 12.3. The van der Waals surface area contributed by atoms with Crippen LogP contribution < -0.4 is 4.74 Å². The standard InChI is InChI=1S/C18H18O2/c1-4-14-6-5-7-16(10-14)17(19)11-15-9-8-13(2)18(12-15)20-3/h5,7-10,12H,1,6,11H2,2-3H3. The van der Waals surface area contributed by atoms with Crippen LogP contribution in [-0.4, -0.2) is 12.9 Å². The fourth-order valence-corrected chi connectivity index (χ4v) is 2.17. The van der Waals surface area contributed by atoms with Crippen molar-refractivity contribution < 1.29 is 9.53 Å². The average molecular weight is 266 g/mol. The first-order chi connectivity index (χ1) is 9.63. The molecule has 0 fully saturated rings. The summed E-state index contributed by atoms with van der Waals surface area (Å²) >= 11 is 0. The Labute approximate surface area is 119 Å². The Morgan fingerprint density at radius 2 is 2.25 bits per heavy atom. The van der Waals surface area contributed by atoms with Gasteiger partial charge in [-0.05, 0) is 42.2 Å². The summed E-state index contributed by atoms with van der Waals surface area (Å²) in [5, 5.41) is 0. The molecule has 0 unspecified atom stereocenters. The number of Topliss-reactive ketones (excluding diaryl/α,β-unsaturated/α-hetero) is 1. The number of benzene rings is 1. The van der Waals surface area contributed by atoms with Crippen LogP contribution in [0.3, 0.4) is 0 Å². The summed E-state index contributed by atoms with van der Waals surface area (Å²) in [6, 6.07) is 5.86. The minimum absolute atomic E-state index is 0.0969. The summed E-state index contributed by atoms with van der Waals surface area (Å²) in [7, 11) is 1.64. The van der Waals surface area contributed by atoms with Crippen molar-refractivity contribution >= 4 is 5.78 Å². The molecule has 0 amide bonds. The molecule has 20 heavy (non-hydrogen) atoms. The van der Waals surface area contributed by atoms with Crippen LogP contribution in [0.15, 0.2) is 59.9 Å². The second-order valence-corrected chi connectivity index (χ2v) is 4.81. The van der Waals surface area contributed by atoms with Gasteiger partial charge < -0.3 is 4.74 Å². The molecule has 2 nitrogen and oxygen atoms in total. The van der Waals surface area contributed by atoms with Gasteiger partial charge in [0.2, 0.25) is 0 Å². The first-order valence-corrected chi connectivity index (χ1v) is 6.58. The molecule has 102 valence electrons. The lowest BCUT2D eigenvalue weighted by Crippen LogP contribution is -2.07. The summed E-state index contributed by atoms with van der Waals surface area (Å²) < 4.78 is 5.28. The monoisotopic (exact) mass is 266 g/mol. The van der Waals surface area contributed by atoms with Crippen molar-refractivity contribution in [3.05, 3.63) is 71.0 Å². The van der Waals surface area contributed by atoms with Crippen molar-refractivity contribution in [1.82, 2.24) is 0 Å². The number of rotatable bonds is 4. The van der Waals surface area contributed by atoms with Crippen molar-refractivity contribution in [1.29, 1.82) is 0 Å². The van der Waals surface area contributed by atoms with E-state index < -0.39 is 0 Å². The van der Waals surface area contributed by atoms with Gasteiger partial charge in [-0.3, -0.25) is 4.79 Å². The second kappa shape index (κ2) is 6.23. The van der Waals surface area contributed by atoms with Crippen LogP contribution in [0.2, 0.25) is 0 Å². The van der Waals surface area contributed by atoms with Gasteiger partial charge in [-0.15, -0.1) is 5.73 Å². The van der Waals surface area contributed by atoms with Crippen LogP contribution in [0.1, 0.15) is 17.5 Å². The normalized spacial score (nSPS) is 13.7.